The summed E-state index contributed by atoms with van der Waals surface area (Å²) in [5.74, 6) is 2.29. The maximum atomic E-state index is 5.53. The number of rotatable bonds is 5. The first-order chi connectivity index (χ1) is 16.2. The maximum Gasteiger partial charge on any atom is 0.232 e. The molecule has 0 saturated carbocycles. The molecule has 2 N–H and O–H groups in total. The van der Waals surface area contributed by atoms with Crippen LogP contribution in [0.5, 0.6) is 0 Å². The molecule has 0 bridgehead atoms. The Morgan fingerprint density at radius 1 is 0.970 bits per heavy atom. The van der Waals surface area contributed by atoms with E-state index in [1.165, 1.54) is 11.1 Å². The summed E-state index contributed by atoms with van der Waals surface area (Å²) in [4.78, 5) is 18.3. The van der Waals surface area contributed by atoms with Gasteiger partial charge in [0, 0.05) is 51.2 Å². The van der Waals surface area contributed by atoms with E-state index in [9.17, 15) is 0 Å². The van der Waals surface area contributed by atoms with Crippen LogP contribution in [0.3, 0.4) is 0 Å². The highest BCUT2D eigenvalue weighted by atomic mass is 32.1. The van der Waals surface area contributed by atoms with Crippen molar-refractivity contribution in [3.63, 3.8) is 0 Å². The summed E-state index contributed by atoms with van der Waals surface area (Å²) >= 11 is 5.52. The number of fused-ring (bicyclic) bond motifs is 1. The minimum atomic E-state index is 0.480. The van der Waals surface area contributed by atoms with Gasteiger partial charge in [-0.1, -0.05) is 30.3 Å². The Morgan fingerprint density at radius 2 is 1.76 bits per heavy atom. The Balaban J connectivity index is 1.35. The van der Waals surface area contributed by atoms with Crippen LogP contribution in [0.4, 0.5) is 17.6 Å². The number of thiocarbonyl (C=S) groups is 1. The van der Waals surface area contributed by atoms with Gasteiger partial charge >= 0.3 is 0 Å². The largest absolute Gasteiger partial charge is 0.378 e. The topological polar surface area (TPSA) is 78.4 Å². The average Bonchev–Trinajstić information content (AvgIpc) is 2.88. The number of aromatic nitrogens is 3. The highest BCUT2D eigenvalue weighted by Gasteiger charge is 2.21. The Bertz CT molecular complexity index is 1100. The second-order valence-corrected chi connectivity index (χ2v) is 8.52. The Hall–Kier alpha value is -3.30. The summed E-state index contributed by atoms with van der Waals surface area (Å²) in [7, 11) is 0. The molecule has 1 saturated heterocycles. The van der Waals surface area contributed by atoms with Gasteiger partial charge in [-0.15, -0.1) is 0 Å². The number of hydrogen-bond donors (Lipinski definition) is 2. The first-order valence-electron chi connectivity index (χ1n) is 11.2. The summed E-state index contributed by atoms with van der Waals surface area (Å²) < 4.78 is 5.53. The highest BCUT2D eigenvalue weighted by molar-refractivity contribution is 7.80. The minimum absolute atomic E-state index is 0.480. The summed E-state index contributed by atoms with van der Waals surface area (Å²) in [5, 5.41) is 6.87. The van der Waals surface area contributed by atoms with Gasteiger partial charge in [-0.25, -0.2) is 0 Å². The molecule has 9 heteroatoms. The third-order valence-corrected chi connectivity index (χ3v) is 6.14. The molecule has 2 aromatic heterocycles. The van der Waals surface area contributed by atoms with Crippen LogP contribution in [0.1, 0.15) is 16.7 Å². The van der Waals surface area contributed by atoms with E-state index < -0.39 is 0 Å². The van der Waals surface area contributed by atoms with Crippen molar-refractivity contribution >= 4 is 34.9 Å². The predicted molar refractivity (Wildman–Crippen MR) is 134 cm³/mol. The molecular weight excluding hydrogens is 434 g/mol. The number of morpholine rings is 1. The van der Waals surface area contributed by atoms with Crippen LogP contribution in [0.15, 0.2) is 54.9 Å². The highest BCUT2D eigenvalue weighted by Crippen LogP contribution is 2.27. The molecule has 0 unspecified atom stereocenters. The van der Waals surface area contributed by atoms with E-state index in [4.69, 9.17) is 26.9 Å². The lowest BCUT2D eigenvalue weighted by atomic mass is 10.00. The van der Waals surface area contributed by atoms with Gasteiger partial charge in [0.05, 0.1) is 13.2 Å². The molecule has 0 amide bonds. The van der Waals surface area contributed by atoms with Crippen molar-refractivity contribution in [1.29, 1.82) is 0 Å². The number of benzene rings is 1. The molecule has 0 atom stereocenters. The molecule has 4 heterocycles. The minimum Gasteiger partial charge on any atom is -0.378 e. The van der Waals surface area contributed by atoms with Crippen LogP contribution in [0, 0.1) is 0 Å². The van der Waals surface area contributed by atoms with Crippen LogP contribution in [0.25, 0.3) is 0 Å². The van der Waals surface area contributed by atoms with E-state index in [0.717, 1.165) is 49.8 Å². The van der Waals surface area contributed by atoms with Crippen molar-refractivity contribution < 1.29 is 4.74 Å². The molecule has 5 rings (SSSR count). The first kappa shape index (κ1) is 21.5. The first-order valence-corrected chi connectivity index (χ1v) is 11.6. The van der Waals surface area contributed by atoms with Crippen LogP contribution in [0.2, 0.25) is 0 Å². The number of nitrogens with zero attached hydrogens (tertiary/aromatic N) is 5. The zero-order chi connectivity index (χ0) is 22.5. The van der Waals surface area contributed by atoms with Crippen molar-refractivity contribution in [3.8, 4) is 0 Å². The molecule has 1 fully saturated rings. The van der Waals surface area contributed by atoms with E-state index in [-0.39, 0.29) is 0 Å². The number of pyridine rings is 1. The number of ether oxygens (including phenoxy) is 1. The second kappa shape index (κ2) is 10.1. The van der Waals surface area contributed by atoms with E-state index in [2.05, 4.69) is 55.7 Å². The second-order valence-electron chi connectivity index (χ2n) is 8.12. The molecule has 1 aromatic carbocycles. The Labute approximate surface area is 199 Å². The number of nitrogens with one attached hydrogen (secondary N) is 2. The van der Waals surface area contributed by atoms with Gasteiger partial charge in [0.2, 0.25) is 5.95 Å². The van der Waals surface area contributed by atoms with E-state index >= 15 is 0 Å². The van der Waals surface area contributed by atoms with Crippen LogP contribution in [-0.4, -0.2) is 52.9 Å². The van der Waals surface area contributed by atoms with Gasteiger partial charge in [-0.05, 0) is 41.4 Å². The fraction of sp³-hybridized carbons (Fsp3) is 0.333. The van der Waals surface area contributed by atoms with Gasteiger partial charge in [-0.3, -0.25) is 4.98 Å². The summed E-state index contributed by atoms with van der Waals surface area (Å²) in [6.45, 7) is 5.34. The maximum absolute atomic E-state index is 5.53. The number of hydrogen-bond acceptors (Lipinski definition) is 7. The van der Waals surface area contributed by atoms with E-state index in [1.54, 1.807) is 6.20 Å². The van der Waals surface area contributed by atoms with Crippen molar-refractivity contribution in [2.75, 3.05) is 48.0 Å². The molecule has 170 valence electrons. The van der Waals surface area contributed by atoms with Crippen LogP contribution in [-0.2, 0) is 24.2 Å². The molecule has 33 heavy (non-hydrogen) atoms. The summed E-state index contributed by atoms with van der Waals surface area (Å²) in [5.41, 5.74) is 3.81. The standard InChI is InChI=1S/C24H27N7OS/c33-24(26-16-18-4-3-8-25-15-18)29-23-27-21(30-10-12-32-13-11-30)14-22(28-23)31-9-7-19-5-1-2-6-20(19)17-31/h1-6,8,14-15H,7,9-13,16-17H2,(H2,26,27,28,29,33). The fourth-order valence-corrected chi connectivity index (χ4v) is 4.28. The van der Waals surface area contributed by atoms with Crippen LogP contribution >= 0.6 is 12.2 Å². The van der Waals surface area contributed by atoms with Crippen molar-refractivity contribution in [2.24, 2.45) is 0 Å². The Morgan fingerprint density at radius 3 is 2.55 bits per heavy atom. The van der Waals surface area contributed by atoms with Crippen molar-refractivity contribution in [2.45, 2.75) is 19.5 Å². The van der Waals surface area contributed by atoms with Gasteiger partial charge in [-0.2, -0.15) is 9.97 Å². The van der Waals surface area contributed by atoms with Crippen molar-refractivity contribution in [1.82, 2.24) is 20.3 Å². The molecule has 3 aromatic rings. The third-order valence-electron chi connectivity index (χ3n) is 5.89. The smallest absolute Gasteiger partial charge is 0.232 e. The molecule has 2 aliphatic rings. The van der Waals surface area contributed by atoms with E-state index in [1.807, 2.05) is 18.3 Å². The summed E-state index contributed by atoms with van der Waals surface area (Å²) in [6.07, 6.45) is 4.57. The third kappa shape index (κ3) is 5.37. The normalized spacial score (nSPS) is 15.6. The lowest BCUT2D eigenvalue weighted by Crippen LogP contribution is -2.38. The van der Waals surface area contributed by atoms with Crippen LogP contribution < -0.4 is 20.4 Å². The lowest BCUT2D eigenvalue weighted by molar-refractivity contribution is 0.122. The van der Waals surface area contributed by atoms with Gasteiger partial charge in [0.25, 0.3) is 0 Å². The molecule has 2 aliphatic heterocycles. The molecular formula is C24H27N7OS. The fourth-order valence-electron chi connectivity index (χ4n) is 4.12. The monoisotopic (exact) mass is 461 g/mol. The molecule has 0 aliphatic carbocycles. The summed E-state index contributed by atoms with van der Waals surface area (Å²) in [6, 6.07) is 14.6. The van der Waals surface area contributed by atoms with E-state index in [0.29, 0.717) is 30.8 Å². The quantitative estimate of drug-likeness (QED) is 0.558. The zero-order valence-corrected chi connectivity index (χ0v) is 19.2. The van der Waals surface area contributed by atoms with Gasteiger partial charge in [0.1, 0.15) is 11.6 Å². The predicted octanol–water partition coefficient (Wildman–Crippen LogP) is 2.76. The van der Waals surface area contributed by atoms with Crippen molar-refractivity contribution in [3.05, 3.63) is 71.5 Å². The SMILES string of the molecule is S=C(NCc1cccnc1)Nc1nc(N2CCOCC2)cc(N2CCc3ccccc3C2)n1. The number of anilines is 3. The molecule has 0 radical (unpaired) electrons. The average molecular weight is 462 g/mol. The Kier molecular flexibility index (Phi) is 6.59. The lowest BCUT2D eigenvalue weighted by Gasteiger charge is -2.32. The zero-order valence-electron chi connectivity index (χ0n) is 18.4. The molecule has 8 nitrogen and oxygen atoms in total. The molecule has 0 spiro atoms. The van der Waals surface area contributed by atoms with Gasteiger partial charge < -0.3 is 25.2 Å². The van der Waals surface area contributed by atoms with Gasteiger partial charge in [0.15, 0.2) is 5.11 Å².